The molecule has 0 bridgehead atoms. The second kappa shape index (κ2) is 4.85. The molecule has 0 amide bonds. The first-order valence-electron chi connectivity index (χ1n) is 5.10. The molecule has 1 unspecified atom stereocenters. The fourth-order valence-electron chi connectivity index (χ4n) is 1.46. The van der Waals surface area contributed by atoms with Gasteiger partial charge in [-0.15, -0.1) is 11.3 Å². The molecule has 0 saturated heterocycles. The maximum atomic E-state index is 6.08. The van der Waals surface area contributed by atoms with Gasteiger partial charge in [0.25, 0.3) is 0 Å². The van der Waals surface area contributed by atoms with Gasteiger partial charge in [0, 0.05) is 5.38 Å². The first-order chi connectivity index (χ1) is 7.66. The molecule has 0 spiro atoms. The highest BCUT2D eigenvalue weighted by atomic mass is 35.5. The van der Waals surface area contributed by atoms with Crippen molar-refractivity contribution < 1.29 is 0 Å². The van der Waals surface area contributed by atoms with Crippen LogP contribution >= 0.6 is 22.9 Å². The van der Waals surface area contributed by atoms with Crippen LogP contribution in [0, 0.1) is 6.92 Å². The average molecular weight is 253 g/mol. The number of anilines is 1. The molecule has 0 aliphatic rings. The van der Waals surface area contributed by atoms with Gasteiger partial charge in [-0.2, -0.15) is 0 Å². The second-order valence-corrected chi connectivity index (χ2v) is 5.11. The second-order valence-electron chi connectivity index (χ2n) is 3.64. The summed E-state index contributed by atoms with van der Waals surface area (Å²) < 4.78 is 0. The Kier molecular flexibility index (Phi) is 3.46. The lowest BCUT2D eigenvalue weighted by Gasteiger charge is -2.14. The molecule has 1 heterocycles. The van der Waals surface area contributed by atoms with E-state index in [2.05, 4.69) is 22.6 Å². The van der Waals surface area contributed by atoms with Crippen LogP contribution in [-0.2, 0) is 0 Å². The van der Waals surface area contributed by atoms with E-state index in [0.29, 0.717) is 0 Å². The first-order valence-corrected chi connectivity index (χ1v) is 6.35. The molecule has 0 radical (unpaired) electrons. The van der Waals surface area contributed by atoms with Gasteiger partial charge >= 0.3 is 0 Å². The lowest BCUT2D eigenvalue weighted by Crippen LogP contribution is -2.07. The summed E-state index contributed by atoms with van der Waals surface area (Å²) in [6.07, 6.45) is 0. The van der Waals surface area contributed by atoms with Crippen LogP contribution in [0.3, 0.4) is 0 Å². The Hall–Kier alpha value is -1.06. The Balaban J connectivity index is 2.13. The molecule has 0 aliphatic carbocycles. The normalized spacial score (nSPS) is 12.4. The zero-order valence-corrected chi connectivity index (χ0v) is 10.8. The van der Waals surface area contributed by atoms with Gasteiger partial charge in [0.1, 0.15) is 0 Å². The quantitative estimate of drug-likeness (QED) is 0.882. The van der Waals surface area contributed by atoms with Gasteiger partial charge in [-0.1, -0.05) is 23.7 Å². The SMILES string of the molecule is Cc1nc(C(C)Nc2ccccc2Cl)cs1. The summed E-state index contributed by atoms with van der Waals surface area (Å²) in [6.45, 7) is 4.09. The van der Waals surface area contributed by atoms with Gasteiger partial charge < -0.3 is 5.32 Å². The van der Waals surface area contributed by atoms with E-state index in [-0.39, 0.29) is 6.04 Å². The third-order valence-corrected chi connectivity index (χ3v) is 3.45. The maximum absolute atomic E-state index is 6.08. The molecule has 1 atom stereocenters. The minimum atomic E-state index is 0.171. The van der Waals surface area contributed by atoms with E-state index in [1.807, 2.05) is 31.2 Å². The van der Waals surface area contributed by atoms with E-state index in [9.17, 15) is 0 Å². The monoisotopic (exact) mass is 252 g/mol. The molecule has 2 rings (SSSR count). The van der Waals surface area contributed by atoms with Crippen LogP contribution in [0.2, 0.25) is 5.02 Å². The summed E-state index contributed by atoms with van der Waals surface area (Å²) in [5.74, 6) is 0. The molecule has 84 valence electrons. The molecule has 0 saturated carbocycles. The lowest BCUT2D eigenvalue weighted by atomic mass is 10.2. The molecule has 0 aliphatic heterocycles. The number of thiazole rings is 1. The zero-order valence-electron chi connectivity index (χ0n) is 9.20. The number of benzene rings is 1. The summed E-state index contributed by atoms with van der Waals surface area (Å²) in [5, 5.41) is 7.25. The van der Waals surface area contributed by atoms with E-state index in [1.165, 1.54) is 0 Å². The molecule has 2 aromatic rings. The van der Waals surface area contributed by atoms with Crippen molar-refractivity contribution in [3.8, 4) is 0 Å². The summed E-state index contributed by atoms with van der Waals surface area (Å²) >= 11 is 7.74. The minimum Gasteiger partial charge on any atom is -0.376 e. The molecule has 2 nitrogen and oxygen atoms in total. The predicted molar refractivity (Wildman–Crippen MR) is 70.3 cm³/mol. The van der Waals surface area contributed by atoms with Crippen LogP contribution in [0.15, 0.2) is 29.6 Å². The zero-order chi connectivity index (χ0) is 11.5. The Bertz CT molecular complexity index is 481. The number of aryl methyl sites for hydroxylation is 1. The fourth-order valence-corrected chi connectivity index (χ4v) is 2.36. The number of para-hydroxylation sites is 1. The van der Waals surface area contributed by atoms with Crippen LogP contribution in [0.25, 0.3) is 0 Å². The highest BCUT2D eigenvalue weighted by Gasteiger charge is 2.09. The van der Waals surface area contributed by atoms with Crippen molar-refractivity contribution in [2.75, 3.05) is 5.32 Å². The maximum Gasteiger partial charge on any atom is 0.0898 e. The Morgan fingerprint density at radius 1 is 1.38 bits per heavy atom. The number of halogens is 1. The summed E-state index contributed by atoms with van der Waals surface area (Å²) in [6, 6.07) is 7.91. The van der Waals surface area contributed by atoms with E-state index < -0.39 is 0 Å². The van der Waals surface area contributed by atoms with Gasteiger partial charge in [0.2, 0.25) is 0 Å². The molecular weight excluding hydrogens is 240 g/mol. The van der Waals surface area contributed by atoms with E-state index in [4.69, 9.17) is 11.6 Å². The Labute approximate surface area is 104 Å². The number of aromatic nitrogens is 1. The van der Waals surface area contributed by atoms with E-state index in [0.717, 1.165) is 21.4 Å². The molecule has 0 fully saturated rings. The van der Waals surface area contributed by atoms with Crippen LogP contribution in [-0.4, -0.2) is 4.98 Å². The van der Waals surface area contributed by atoms with Gasteiger partial charge in [-0.3, -0.25) is 0 Å². The number of nitrogens with one attached hydrogen (secondary N) is 1. The van der Waals surface area contributed by atoms with Crippen molar-refractivity contribution in [3.63, 3.8) is 0 Å². The van der Waals surface area contributed by atoms with Crippen molar-refractivity contribution in [2.24, 2.45) is 0 Å². The van der Waals surface area contributed by atoms with Crippen LogP contribution < -0.4 is 5.32 Å². The topological polar surface area (TPSA) is 24.9 Å². The molecule has 4 heteroatoms. The standard InChI is InChI=1S/C12H13ClN2S/c1-8(12-7-16-9(2)15-12)14-11-6-4-3-5-10(11)13/h3-8,14H,1-2H3. The summed E-state index contributed by atoms with van der Waals surface area (Å²) in [5.41, 5.74) is 2.00. The average Bonchev–Trinajstić information content (AvgIpc) is 2.68. The molecule has 1 aromatic carbocycles. The van der Waals surface area contributed by atoms with Gasteiger partial charge in [-0.25, -0.2) is 4.98 Å². The lowest BCUT2D eigenvalue weighted by molar-refractivity contribution is 0.845. The predicted octanol–water partition coefficient (Wildman–Crippen LogP) is 4.28. The van der Waals surface area contributed by atoms with E-state index >= 15 is 0 Å². The minimum absolute atomic E-state index is 0.171. The largest absolute Gasteiger partial charge is 0.376 e. The number of rotatable bonds is 3. The fraction of sp³-hybridized carbons (Fsp3) is 0.250. The van der Waals surface area contributed by atoms with Gasteiger partial charge in [-0.05, 0) is 26.0 Å². The van der Waals surface area contributed by atoms with Crippen molar-refractivity contribution in [2.45, 2.75) is 19.9 Å². The van der Waals surface area contributed by atoms with Crippen LogP contribution in [0.5, 0.6) is 0 Å². The first kappa shape index (κ1) is 11.4. The van der Waals surface area contributed by atoms with Crippen molar-refractivity contribution in [1.82, 2.24) is 4.98 Å². The molecular formula is C12H13ClN2S. The highest BCUT2D eigenvalue weighted by Crippen LogP contribution is 2.26. The highest BCUT2D eigenvalue weighted by molar-refractivity contribution is 7.09. The number of nitrogens with zero attached hydrogens (tertiary/aromatic N) is 1. The number of hydrogen-bond donors (Lipinski definition) is 1. The van der Waals surface area contributed by atoms with Gasteiger partial charge in [0.05, 0.1) is 27.5 Å². The van der Waals surface area contributed by atoms with Crippen molar-refractivity contribution >= 4 is 28.6 Å². The van der Waals surface area contributed by atoms with Crippen LogP contribution in [0.4, 0.5) is 5.69 Å². The third-order valence-electron chi connectivity index (χ3n) is 2.33. The molecule has 1 aromatic heterocycles. The Morgan fingerprint density at radius 3 is 2.75 bits per heavy atom. The number of hydrogen-bond acceptors (Lipinski definition) is 3. The molecule has 1 N–H and O–H groups in total. The summed E-state index contributed by atoms with van der Waals surface area (Å²) in [7, 11) is 0. The Morgan fingerprint density at radius 2 is 2.12 bits per heavy atom. The van der Waals surface area contributed by atoms with Crippen LogP contribution in [0.1, 0.15) is 23.7 Å². The van der Waals surface area contributed by atoms with Crippen molar-refractivity contribution in [3.05, 3.63) is 45.4 Å². The third kappa shape index (κ3) is 2.54. The molecule has 16 heavy (non-hydrogen) atoms. The summed E-state index contributed by atoms with van der Waals surface area (Å²) in [4.78, 5) is 4.45. The van der Waals surface area contributed by atoms with Gasteiger partial charge in [0.15, 0.2) is 0 Å². The smallest absolute Gasteiger partial charge is 0.0898 e. The van der Waals surface area contributed by atoms with E-state index in [1.54, 1.807) is 11.3 Å². The van der Waals surface area contributed by atoms with Crippen molar-refractivity contribution in [1.29, 1.82) is 0 Å².